The second-order valence-corrected chi connectivity index (χ2v) is 9.55. The van der Waals surface area contributed by atoms with Crippen LogP contribution >= 0.6 is 0 Å². The molecule has 7 heteroatoms. The van der Waals surface area contributed by atoms with Crippen LogP contribution in [0.15, 0.2) is 78.9 Å². The third kappa shape index (κ3) is 6.19. The minimum atomic E-state index is -1.66. The average molecular weight is 477 g/mol. The lowest BCUT2D eigenvalue weighted by Gasteiger charge is -2.44. The number of ether oxygens (including phenoxy) is 1. The number of hydrogen-bond donors (Lipinski definition) is 3. The number of carbonyl (C=O) groups is 2. The highest BCUT2D eigenvalue weighted by atomic mass is 16.5. The number of rotatable bonds is 8. The Labute approximate surface area is 206 Å². The molecule has 0 heterocycles. The van der Waals surface area contributed by atoms with Crippen LogP contribution in [-0.2, 0) is 11.4 Å². The van der Waals surface area contributed by atoms with Crippen molar-refractivity contribution in [3.63, 3.8) is 0 Å². The lowest BCUT2D eigenvalue weighted by atomic mass is 9.93. The van der Waals surface area contributed by atoms with Gasteiger partial charge < -0.3 is 20.3 Å². The van der Waals surface area contributed by atoms with Crippen LogP contribution in [0, 0.1) is 0 Å². The van der Waals surface area contributed by atoms with Crippen molar-refractivity contribution in [2.45, 2.75) is 45.4 Å². The summed E-state index contributed by atoms with van der Waals surface area (Å²) < 4.78 is 5.86. The average Bonchev–Trinajstić information content (AvgIpc) is 2.83. The summed E-state index contributed by atoms with van der Waals surface area (Å²) in [6.45, 7) is 6.15. The Morgan fingerprint density at radius 3 is 1.94 bits per heavy atom. The van der Waals surface area contributed by atoms with Gasteiger partial charge in [-0.1, -0.05) is 54.6 Å². The number of nitrogens with one attached hydrogen (secondary N) is 1. The lowest BCUT2D eigenvalue weighted by Crippen LogP contribution is -2.65. The zero-order valence-electron chi connectivity index (χ0n) is 20.5. The highest BCUT2D eigenvalue weighted by molar-refractivity contribution is 5.99. The van der Waals surface area contributed by atoms with Crippen LogP contribution in [0.25, 0.3) is 11.1 Å². The molecule has 0 aliphatic rings. The van der Waals surface area contributed by atoms with Crippen LogP contribution in [0.3, 0.4) is 0 Å². The van der Waals surface area contributed by atoms with Crippen LogP contribution in [-0.4, -0.2) is 44.8 Å². The molecule has 1 atom stereocenters. The number of aliphatic hydroxyl groups excluding tert-OH is 1. The molecule has 0 saturated heterocycles. The van der Waals surface area contributed by atoms with E-state index in [0.717, 1.165) is 21.6 Å². The fraction of sp³-hybridized carbons (Fsp3) is 0.286. The van der Waals surface area contributed by atoms with Crippen molar-refractivity contribution >= 4 is 17.7 Å². The SMILES string of the molecule is CC(C)(C)N(C(=O)O)[C@@](C)(CO)C(=O)Nc1ccc(OCc2ccc(-c3ccccc3)cc2)cc1. The van der Waals surface area contributed by atoms with E-state index in [2.05, 4.69) is 29.6 Å². The van der Waals surface area contributed by atoms with Gasteiger partial charge in [-0.2, -0.15) is 0 Å². The number of anilines is 1. The highest BCUT2D eigenvalue weighted by Crippen LogP contribution is 2.28. The predicted octanol–water partition coefficient (Wildman–Crippen LogP) is 5.40. The first-order valence-corrected chi connectivity index (χ1v) is 11.4. The molecule has 3 aromatic rings. The van der Waals surface area contributed by atoms with Crippen molar-refractivity contribution in [1.82, 2.24) is 4.90 Å². The maximum atomic E-state index is 13.0. The summed E-state index contributed by atoms with van der Waals surface area (Å²) in [5.41, 5.74) is 1.23. The number of amides is 2. The van der Waals surface area contributed by atoms with Gasteiger partial charge in [-0.15, -0.1) is 0 Å². The van der Waals surface area contributed by atoms with Crippen molar-refractivity contribution in [2.75, 3.05) is 11.9 Å². The molecule has 35 heavy (non-hydrogen) atoms. The van der Waals surface area contributed by atoms with E-state index in [1.807, 2.05) is 30.3 Å². The molecule has 0 radical (unpaired) electrons. The van der Waals surface area contributed by atoms with Crippen LogP contribution < -0.4 is 10.1 Å². The van der Waals surface area contributed by atoms with Gasteiger partial charge in [0, 0.05) is 11.2 Å². The molecule has 0 aliphatic carbocycles. The third-order valence-corrected chi connectivity index (χ3v) is 5.73. The van der Waals surface area contributed by atoms with E-state index in [9.17, 15) is 19.8 Å². The fourth-order valence-electron chi connectivity index (χ4n) is 3.97. The van der Waals surface area contributed by atoms with Crippen molar-refractivity contribution < 1.29 is 24.5 Å². The predicted molar refractivity (Wildman–Crippen MR) is 136 cm³/mol. The largest absolute Gasteiger partial charge is 0.489 e. The van der Waals surface area contributed by atoms with Gasteiger partial charge in [-0.25, -0.2) is 4.79 Å². The quantitative estimate of drug-likeness (QED) is 0.404. The summed E-state index contributed by atoms with van der Waals surface area (Å²) in [6, 6.07) is 25.1. The first-order valence-electron chi connectivity index (χ1n) is 11.4. The summed E-state index contributed by atoms with van der Waals surface area (Å²) in [5.74, 6) is 0.00593. The molecule has 7 nitrogen and oxygen atoms in total. The van der Waals surface area contributed by atoms with Crippen LogP contribution in [0.5, 0.6) is 5.75 Å². The van der Waals surface area contributed by atoms with E-state index in [-0.39, 0.29) is 0 Å². The van der Waals surface area contributed by atoms with Gasteiger partial charge in [0.2, 0.25) is 0 Å². The standard InChI is InChI=1S/C28H32N2O5/c1-27(2,3)30(26(33)34)28(4,19-31)25(32)29-23-14-16-24(17-15-23)35-18-20-10-12-22(13-11-20)21-8-6-5-7-9-21/h5-17,31H,18-19H2,1-4H3,(H,29,32)(H,33,34)/t28-/m0/s1. The number of aliphatic hydroxyl groups is 1. The van der Waals surface area contributed by atoms with E-state index in [4.69, 9.17) is 4.74 Å². The number of carbonyl (C=O) groups excluding carboxylic acids is 1. The Bertz CT molecular complexity index is 1140. The molecule has 3 aromatic carbocycles. The van der Waals surface area contributed by atoms with Crippen LogP contribution in [0.1, 0.15) is 33.3 Å². The molecule has 0 spiro atoms. The Morgan fingerprint density at radius 2 is 1.43 bits per heavy atom. The van der Waals surface area contributed by atoms with E-state index in [1.54, 1.807) is 45.0 Å². The normalized spacial score (nSPS) is 12.9. The maximum absolute atomic E-state index is 13.0. The summed E-state index contributed by atoms with van der Waals surface area (Å²) >= 11 is 0. The highest BCUT2D eigenvalue weighted by Gasteiger charge is 2.47. The summed E-state index contributed by atoms with van der Waals surface area (Å²) in [7, 11) is 0. The number of benzene rings is 3. The molecule has 0 aliphatic heterocycles. The zero-order valence-corrected chi connectivity index (χ0v) is 20.5. The lowest BCUT2D eigenvalue weighted by molar-refractivity contribution is -0.132. The summed E-state index contributed by atoms with van der Waals surface area (Å²) in [4.78, 5) is 25.8. The minimum Gasteiger partial charge on any atom is -0.489 e. The van der Waals surface area contributed by atoms with Gasteiger partial charge in [-0.05, 0) is 68.7 Å². The molecule has 0 bridgehead atoms. The molecular formula is C28H32N2O5. The molecule has 3 rings (SSSR count). The minimum absolute atomic E-state index is 0.391. The third-order valence-electron chi connectivity index (χ3n) is 5.73. The first kappa shape index (κ1) is 25.8. The first-order chi connectivity index (χ1) is 16.5. The molecule has 0 unspecified atom stereocenters. The monoisotopic (exact) mass is 476 g/mol. The maximum Gasteiger partial charge on any atom is 0.408 e. The fourth-order valence-corrected chi connectivity index (χ4v) is 3.97. The summed E-state index contributed by atoms with van der Waals surface area (Å²) in [5, 5.41) is 22.3. The van der Waals surface area contributed by atoms with Gasteiger partial charge in [0.1, 0.15) is 17.9 Å². The van der Waals surface area contributed by atoms with E-state index in [0.29, 0.717) is 18.0 Å². The zero-order chi connectivity index (χ0) is 25.6. The molecule has 3 N–H and O–H groups in total. The summed E-state index contributed by atoms with van der Waals surface area (Å²) in [6.07, 6.45) is -1.29. The second-order valence-electron chi connectivity index (χ2n) is 9.55. The second kappa shape index (κ2) is 10.6. The molecule has 0 fully saturated rings. The Hall–Kier alpha value is -3.84. The van der Waals surface area contributed by atoms with E-state index >= 15 is 0 Å². The topological polar surface area (TPSA) is 99.1 Å². The Balaban J connectivity index is 1.62. The van der Waals surface area contributed by atoms with E-state index in [1.165, 1.54) is 6.92 Å². The van der Waals surface area contributed by atoms with Crippen LogP contribution in [0.4, 0.5) is 10.5 Å². The van der Waals surface area contributed by atoms with Gasteiger partial charge in [-0.3, -0.25) is 9.69 Å². The smallest absolute Gasteiger partial charge is 0.408 e. The molecule has 0 aromatic heterocycles. The Morgan fingerprint density at radius 1 is 0.857 bits per heavy atom. The van der Waals surface area contributed by atoms with E-state index < -0.39 is 29.7 Å². The molecular weight excluding hydrogens is 444 g/mol. The van der Waals surface area contributed by atoms with Gasteiger partial charge in [0.05, 0.1) is 6.61 Å². The molecule has 184 valence electrons. The molecule has 0 saturated carbocycles. The van der Waals surface area contributed by atoms with Crippen molar-refractivity contribution in [3.8, 4) is 16.9 Å². The van der Waals surface area contributed by atoms with Crippen LogP contribution in [0.2, 0.25) is 0 Å². The van der Waals surface area contributed by atoms with Gasteiger partial charge in [0.15, 0.2) is 0 Å². The van der Waals surface area contributed by atoms with Crippen molar-refractivity contribution in [2.24, 2.45) is 0 Å². The number of hydrogen-bond acceptors (Lipinski definition) is 4. The van der Waals surface area contributed by atoms with Crippen molar-refractivity contribution in [3.05, 3.63) is 84.4 Å². The van der Waals surface area contributed by atoms with Gasteiger partial charge >= 0.3 is 6.09 Å². The van der Waals surface area contributed by atoms with Crippen molar-refractivity contribution in [1.29, 1.82) is 0 Å². The van der Waals surface area contributed by atoms with Gasteiger partial charge in [0.25, 0.3) is 5.91 Å². The Kier molecular flexibility index (Phi) is 7.82. The molecule has 2 amide bonds. The number of nitrogens with zero attached hydrogens (tertiary/aromatic N) is 1. The number of carboxylic acid groups (broad SMARTS) is 1.